The highest BCUT2D eigenvalue weighted by Gasteiger charge is 2.32. The number of rotatable bonds is 6. The van der Waals surface area contributed by atoms with Crippen LogP contribution in [0, 0.1) is 0 Å². The van der Waals surface area contributed by atoms with Crippen molar-refractivity contribution in [2.24, 2.45) is 7.05 Å². The van der Waals surface area contributed by atoms with Crippen molar-refractivity contribution in [2.45, 2.75) is 18.9 Å². The molecule has 1 aliphatic heterocycles. The Labute approximate surface area is 118 Å². The predicted molar refractivity (Wildman–Crippen MR) is 73.2 cm³/mol. The second-order valence-corrected chi connectivity index (χ2v) is 7.35. The smallest absolute Gasteiger partial charge is 0.317 e. The molecule has 0 aromatic carbocycles. The molecule has 2 rings (SSSR count). The summed E-state index contributed by atoms with van der Waals surface area (Å²) in [6.45, 7) is 0.393. The summed E-state index contributed by atoms with van der Waals surface area (Å²) in [5.41, 5.74) is 1.00. The van der Waals surface area contributed by atoms with Crippen molar-refractivity contribution in [3.8, 4) is 0 Å². The summed E-state index contributed by atoms with van der Waals surface area (Å²) in [4.78, 5) is 12.7. The summed E-state index contributed by atoms with van der Waals surface area (Å²) >= 11 is 0. The summed E-state index contributed by atoms with van der Waals surface area (Å²) < 4.78 is 24.8. The summed E-state index contributed by atoms with van der Waals surface area (Å²) in [5, 5.41) is 13.0. The zero-order valence-electron chi connectivity index (χ0n) is 11.4. The number of hydrogen-bond donors (Lipinski definition) is 1. The molecule has 8 heteroatoms. The average molecular weight is 301 g/mol. The molecule has 0 bridgehead atoms. The molecule has 0 radical (unpaired) electrons. The van der Waals surface area contributed by atoms with E-state index in [-0.39, 0.29) is 24.1 Å². The lowest BCUT2D eigenvalue weighted by atomic mass is 10.2. The zero-order valence-corrected chi connectivity index (χ0v) is 12.2. The van der Waals surface area contributed by atoms with Crippen LogP contribution in [0.5, 0.6) is 0 Å². The second kappa shape index (κ2) is 5.92. The van der Waals surface area contributed by atoms with Crippen molar-refractivity contribution < 1.29 is 18.3 Å². The predicted octanol–water partition coefficient (Wildman–Crippen LogP) is -0.464. The first-order valence-electron chi connectivity index (χ1n) is 6.50. The molecule has 112 valence electrons. The molecule has 1 N–H and O–H groups in total. The number of aromatic nitrogens is 2. The van der Waals surface area contributed by atoms with Gasteiger partial charge in [0.05, 0.1) is 18.1 Å². The quantitative estimate of drug-likeness (QED) is 0.764. The summed E-state index contributed by atoms with van der Waals surface area (Å²) in [5.74, 6) is -0.718. The molecular formula is C12H19N3O4S. The van der Waals surface area contributed by atoms with E-state index >= 15 is 0 Å². The lowest BCUT2D eigenvalue weighted by molar-refractivity contribution is -0.138. The van der Waals surface area contributed by atoms with Crippen LogP contribution in [0.4, 0.5) is 0 Å². The lowest BCUT2D eigenvalue weighted by Crippen LogP contribution is -2.41. The van der Waals surface area contributed by atoms with Gasteiger partial charge in [-0.25, -0.2) is 8.42 Å². The Morgan fingerprint density at radius 2 is 2.35 bits per heavy atom. The van der Waals surface area contributed by atoms with Crippen molar-refractivity contribution in [1.82, 2.24) is 14.7 Å². The van der Waals surface area contributed by atoms with Gasteiger partial charge in [0.2, 0.25) is 0 Å². The molecule has 1 saturated heterocycles. The highest BCUT2D eigenvalue weighted by molar-refractivity contribution is 7.91. The molecule has 2 heterocycles. The van der Waals surface area contributed by atoms with Crippen LogP contribution >= 0.6 is 0 Å². The van der Waals surface area contributed by atoms with Gasteiger partial charge >= 0.3 is 5.97 Å². The van der Waals surface area contributed by atoms with Gasteiger partial charge < -0.3 is 5.11 Å². The van der Waals surface area contributed by atoms with Crippen molar-refractivity contribution in [3.05, 3.63) is 18.0 Å². The molecule has 1 atom stereocenters. The van der Waals surface area contributed by atoms with Crippen molar-refractivity contribution >= 4 is 15.8 Å². The van der Waals surface area contributed by atoms with Gasteiger partial charge in [-0.15, -0.1) is 0 Å². The van der Waals surface area contributed by atoms with Crippen LogP contribution in [0.15, 0.2) is 12.3 Å². The molecule has 1 aliphatic rings. The monoisotopic (exact) mass is 301 g/mol. The molecule has 1 aromatic rings. The van der Waals surface area contributed by atoms with Gasteiger partial charge in [0.1, 0.15) is 0 Å². The second-order valence-electron chi connectivity index (χ2n) is 5.12. The minimum Gasteiger partial charge on any atom is -0.480 e. The molecule has 7 nitrogen and oxygen atoms in total. The maximum atomic E-state index is 11.5. The van der Waals surface area contributed by atoms with E-state index in [0.29, 0.717) is 19.4 Å². The highest BCUT2D eigenvalue weighted by Crippen LogP contribution is 2.18. The standard InChI is InChI=1S/C12H19N3O4S/c1-14-10(2-5-13-14)3-6-15(8-12(16)17)11-4-7-20(18,19)9-11/h2,5,11H,3-4,6-9H2,1H3,(H,16,17). The van der Waals surface area contributed by atoms with E-state index in [1.165, 1.54) is 0 Å². The van der Waals surface area contributed by atoms with E-state index in [1.54, 1.807) is 15.8 Å². The third-order valence-electron chi connectivity index (χ3n) is 3.64. The number of hydrogen-bond acceptors (Lipinski definition) is 5. The normalized spacial score (nSPS) is 21.4. The van der Waals surface area contributed by atoms with Gasteiger partial charge in [0.25, 0.3) is 0 Å². The SMILES string of the molecule is Cn1nccc1CCN(CC(=O)O)C1CCS(=O)(=O)C1. The number of nitrogens with zero attached hydrogens (tertiary/aromatic N) is 3. The van der Waals surface area contributed by atoms with Crippen molar-refractivity contribution in [1.29, 1.82) is 0 Å². The van der Waals surface area contributed by atoms with Gasteiger partial charge in [-0.1, -0.05) is 0 Å². The number of carbonyl (C=O) groups is 1. The summed E-state index contributed by atoms with van der Waals surface area (Å²) in [7, 11) is -1.18. The van der Waals surface area contributed by atoms with E-state index in [2.05, 4.69) is 5.10 Å². The van der Waals surface area contributed by atoms with Crippen LogP contribution in [0.3, 0.4) is 0 Å². The van der Waals surface area contributed by atoms with E-state index in [1.807, 2.05) is 13.1 Å². The van der Waals surface area contributed by atoms with E-state index in [9.17, 15) is 13.2 Å². The minimum atomic E-state index is -3.01. The van der Waals surface area contributed by atoms with E-state index in [0.717, 1.165) is 5.69 Å². The number of aliphatic carboxylic acids is 1. The molecular weight excluding hydrogens is 282 g/mol. The van der Waals surface area contributed by atoms with Gasteiger partial charge in [-0.2, -0.15) is 5.10 Å². The van der Waals surface area contributed by atoms with Crippen molar-refractivity contribution in [2.75, 3.05) is 24.6 Å². The van der Waals surface area contributed by atoms with Crippen LogP contribution in [-0.2, 0) is 28.1 Å². The van der Waals surface area contributed by atoms with Crippen LogP contribution in [0.2, 0.25) is 0 Å². The fourth-order valence-corrected chi connectivity index (χ4v) is 4.29. The van der Waals surface area contributed by atoms with Crippen LogP contribution in [-0.4, -0.2) is 64.8 Å². The number of carboxylic acid groups (broad SMARTS) is 1. The van der Waals surface area contributed by atoms with Gasteiger partial charge in [0.15, 0.2) is 9.84 Å². The number of sulfone groups is 1. The molecule has 1 unspecified atom stereocenters. The zero-order chi connectivity index (χ0) is 14.8. The summed E-state index contributed by atoms with van der Waals surface area (Å²) in [6, 6.07) is 1.69. The van der Waals surface area contributed by atoms with Crippen LogP contribution < -0.4 is 0 Å². The topological polar surface area (TPSA) is 92.5 Å². The van der Waals surface area contributed by atoms with Gasteiger partial charge in [-0.05, 0) is 12.5 Å². The Hall–Kier alpha value is -1.41. The molecule has 1 aromatic heterocycles. The van der Waals surface area contributed by atoms with Crippen LogP contribution in [0.1, 0.15) is 12.1 Å². The molecule has 0 saturated carbocycles. The Morgan fingerprint density at radius 1 is 1.60 bits per heavy atom. The Balaban J connectivity index is 2.01. The van der Waals surface area contributed by atoms with Crippen molar-refractivity contribution in [3.63, 3.8) is 0 Å². The molecule has 0 amide bonds. The lowest BCUT2D eigenvalue weighted by Gasteiger charge is -2.26. The Kier molecular flexibility index (Phi) is 4.44. The largest absolute Gasteiger partial charge is 0.480 e. The Morgan fingerprint density at radius 3 is 2.85 bits per heavy atom. The molecule has 0 spiro atoms. The van der Waals surface area contributed by atoms with Gasteiger partial charge in [-0.3, -0.25) is 14.4 Å². The third-order valence-corrected chi connectivity index (χ3v) is 5.39. The molecule has 0 aliphatic carbocycles. The fourth-order valence-electron chi connectivity index (χ4n) is 2.53. The highest BCUT2D eigenvalue weighted by atomic mass is 32.2. The van der Waals surface area contributed by atoms with Crippen LogP contribution in [0.25, 0.3) is 0 Å². The number of carboxylic acids is 1. The molecule has 20 heavy (non-hydrogen) atoms. The first kappa shape index (κ1) is 15.0. The average Bonchev–Trinajstić information content (AvgIpc) is 2.90. The first-order chi connectivity index (χ1) is 9.37. The first-order valence-corrected chi connectivity index (χ1v) is 8.33. The van der Waals surface area contributed by atoms with E-state index in [4.69, 9.17) is 5.11 Å². The maximum Gasteiger partial charge on any atom is 0.317 e. The summed E-state index contributed by atoms with van der Waals surface area (Å²) in [6.07, 6.45) is 2.86. The Bertz CT molecular complexity index is 581. The number of aryl methyl sites for hydroxylation is 1. The van der Waals surface area contributed by atoms with E-state index < -0.39 is 15.8 Å². The minimum absolute atomic E-state index is 0.0612. The fraction of sp³-hybridized carbons (Fsp3) is 0.667. The maximum absolute atomic E-state index is 11.5. The third kappa shape index (κ3) is 3.80. The molecule has 1 fully saturated rings. The van der Waals surface area contributed by atoms with Gasteiger partial charge in [0, 0.05) is 37.9 Å².